The van der Waals surface area contributed by atoms with Gasteiger partial charge < -0.3 is 10.2 Å². The first-order valence-electron chi connectivity index (χ1n) is 6.99. The van der Waals surface area contributed by atoms with Crippen LogP contribution in [0.3, 0.4) is 0 Å². The topological polar surface area (TPSA) is 75.5 Å². The van der Waals surface area contributed by atoms with Gasteiger partial charge in [0, 0.05) is 31.8 Å². The molecular weight excluding hydrogens is 294 g/mol. The molecule has 0 aliphatic carbocycles. The Balaban J connectivity index is 2.34. The van der Waals surface area contributed by atoms with Crippen molar-refractivity contribution in [2.45, 2.75) is 25.7 Å². The Bertz CT molecular complexity index is 555. The Morgan fingerprint density at radius 1 is 1.29 bits per heavy atom. The number of hydrogen-bond donors (Lipinski definition) is 1. The van der Waals surface area contributed by atoms with Gasteiger partial charge in [0.1, 0.15) is 5.69 Å². The lowest BCUT2D eigenvalue weighted by Crippen LogP contribution is -2.31. The van der Waals surface area contributed by atoms with Crippen LogP contribution in [-0.4, -0.2) is 35.9 Å². The van der Waals surface area contributed by atoms with Gasteiger partial charge in [-0.2, -0.15) is 0 Å². The van der Waals surface area contributed by atoms with Crippen molar-refractivity contribution in [1.82, 2.24) is 4.90 Å². The van der Waals surface area contributed by atoms with Crippen LogP contribution >= 0.6 is 11.6 Å². The van der Waals surface area contributed by atoms with Crippen molar-refractivity contribution >= 4 is 28.9 Å². The van der Waals surface area contributed by atoms with Crippen LogP contribution in [0, 0.1) is 10.1 Å². The predicted octanol–water partition coefficient (Wildman–Crippen LogP) is 3.31. The van der Waals surface area contributed by atoms with E-state index in [1.807, 2.05) is 0 Å². The second-order valence-corrected chi connectivity index (χ2v) is 5.47. The van der Waals surface area contributed by atoms with Crippen LogP contribution in [0.2, 0.25) is 5.02 Å². The molecule has 1 N–H and O–H groups in total. The minimum absolute atomic E-state index is 0.178. The fourth-order valence-electron chi connectivity index (χ4n) is 2.56. The maximum absolute atomic E-state index is 12.5. The fraction of sp³-hybridized carbons (Fsp3) is 0.500. The molecule has 6 nitrogen and oxygen atoms in total. The van der Waals surface area contributed by atoms with E-state index in [0.717, 1.165) is 25.7 Å². The molecule has 1 amide bonds. The molecule has 0 aromatic heterocycles. The molecule has 1 heterocycles. The molecule has 0 unspecified atom stereocenters. The molecule has 0 saturated carbocycles. The highest BCUT2D eigenvalue weighted by atomic mass is 35.5. The van der Waals surface area contributed by atoms with Crippen molar-refractivity contribution in [1.29, 1.82) is 0 Å². The van der Waals surface area contributed by atoms with Crippen LogP contribution in [0.5, 0.6) is 0 Å². The lowest BCUT2D eigenvalue weighted by atomic mass is 10.1. The van der Waals surface area contributed by atoms with E-state index in [0.29, 0.717) is 13.1 Å². The molecule has 1 saturated heterocycles. The van der Waals surface area contributed by atoms with Crippen LogP contribution in [0.15, 0.2) is 12.1 Å². The van der Waals surface area contributed by atoms with Gasteiger partial charge in [0.05, 0.1) is 9.95 Å². The zero-order chi connectivity index (χ0) is 15.4. The summed E-state index contributed by atoms with van der Waals surface area (Å²) in [6, 6.07) is 2.79. The van der Waals surface area contributed by atoms with Gasteiger partial charge in [-0.25, -0.2) is 0 Å². The second-order valence-electron chi connectivity index (χ2n) is 5.07. The summed E-state index contributed by atoms with van der Waals surface area (Å²) in [5.74, 6) is -0.190. The third-order valence-corrected chi connectivity index (χ3v) is 3.95. The average molecular weight is 312 g/mol. The molecule has 0 spiro atoms. The summed E-state index contributed by atoms with van der Waals surface area (Å²) in [6.45, 7) is 1.38. The summed E-state index contributed by atoms with van der Waals surface area (Å²) in [7, 11) is 1.56. The number of carbonyl (C=O) groups is 1. The smallest absolute Gasteiger partial charge is 0.294 e. The van der Waals surface area contributed by atoms with Crippen LogP contribution in [0.1, 0.15) is 36.0 Å². The van der Waals surface area contributed by atoms with Crippen molar-refractivity contribution in [3.8, 4) is 0 Å². The number of benzene rings is 1. The van der Waals surface area contributed by atoms with Crippen molar-refractivity contribution in [2.75, 3.05) is 25.5 Å². The molecule has 21 heavy (non-hydrogen) atoms. The Kier molecular flexibility index (Phi) is 5.01. The number of likely N-dealkylation sites (tertiary alicyclic amines) is 1. The van der Waals surface area contributed by atoms with Gasteiger partial charge in [-0.1, -0.05) is 24.4 Å². The number of amides is 1. The van der Waals surface area contributed by atoms with Crippen LogP contribution < -0.4 is 5.32 Å². The standard InChI is InChI=1S/C14H18ClN3O3/c1-16-13-11(15)8-10(9-12(13)18(20)21)14(19)17-6-4-2-3-5-7-17/h8-9,16H,2-7H2,1H3. The lowest BCUT2D eigenvalue weighted by molar-refractivity contribution is -0.384. The summed E-state index contributed by atoms with van der Waals surface area (Å²) in [5.41, 5.74) is 0.324. The molecule has 1 aromatic rings. The van der Waals surface area contributed by atoms with Crippen molar-refractivity contribution in [2.24, 2.45) is 0 Å². The number of rotatable bonds is 3. The highest BCUT2D eigenvalue weighted by Crippen LogP contribution is 2.33. The molecule has 0 bridgehead atoms. The van der Waals surface area contributed by atoms with E-state index in [2.05, 4.69) is 5.32 Å². The van der Waals surface area contributed by atoms with Gasteiger partial charge in [0.2, 0.25) is 0 Å². The van der Waals surface area contributed by atoms with Crippen LogP contribution in [-0.2, 0) is 0 Å². The van der Waals surface area contributed by atoms with Crippen LogP contribution in [0.25, 0.3) is 0 Å². The molecule has 0 atom stereocenters. The first kappa shape index (κ1) is 15.6. The van der Waals surface area contributed by atoms with Crippen LogP contribution in [0.4, 0.5) is 11.4 Å². The van der Waals surface area contributed by atoms with Gasteiger partial charge in [-0.05, 0) is 18.9 Å². The number of nitrogens with one attached hydrogen (secondary N) is 1. The first-order chi connectivity index (χ1) is 10.0. The van der Waals surface area contributed by atoms with Crippen molar-refractivity contribution < 1.29 is 9.72 Å². The lowest BCUT2D eigenvalue weighted by Gasteiger charge is -2.20. The number of carbonyl (C=O) groups excluding carboxylic acids is 1. The third kappa shape index (κ3) is 3.44. The Morgan fingerprint density at radius 3 is 2.43 bits per heavy atom. The van der Waals surface area contributed by atoms with Crippen molar-refractivity contribution in [3.63, 3.8) is 0 Å². The average Bonchev–Trinajstić information content (AvgIpc) is 2.74. The predicted molar refractivity (Wildman–Crippen MR) is 82.0 cm³/mol. The first-order valence-corrected chi connectivity index (χ1v) is 7.37. The van der Waals surface area contributed by atoms with E-state index in [9.17, 15) is 14.9 Å². The fourth-order valence-corrected chi connectivity index (χ4v) is 2.87. The summed E-state index contributed by atoms with van der Waals surface area (Å²) >= 11 is 6.06. The van der Waals surface area contributed by atoms with E-state index in [-0.39, 0.29) is 27.9 Å². The second kappa shape index (κ2) is 6.76. The number of nitro groups is 1. The number of nitro benzene ring substituents is 1. The van der Waals surface area contributed by atoms with E-state index >= 15 is 0 Å². The van der Waals surface area contributed by atoms with E-state index in [4.69, 9.17) is 11.6 Å². The maximum Gasteiger partial charge on any atom is 0.294 e. The largest absolute Gasteiger partial charge is 0.381 e. The van der Waals surface area contributed by atoms with Gasteiger partial charge >= 0.3 is 0 Å². The number of hydrogen-bond acceptors (Lipinski definition) is 4. The Morgan fingerprint density at radius 2 is 1.90 bits per heavy atom. The molecular formula is C14H18ClN3O3. The molecule has 2 rings (SSSR count). The number of anilines is 1. The molecule has 1 aromatic carbocycles. The minimum Gasteiger partial charge on any atom is -0.381 e. The number of nitrogens with zero attached hydrogens (tertiary/aromatic N) is 2. The third-order valence-electron chi connectivity index (χ3n) is 3.66. The quantitative estimate of drug-likeness (QED) is 0.686. The van der Waals surface area contributed by atoms with E-state index in [1.165, 1.54) is 12.1 Å². The van der Waals surface area contributed by atoms with Gasteiger partial charge in [0.15, 0.2) is 0 Å². The minimum atomic E-state index is -0.531. The molecule has 0 radical (unpaired) electrons. The SMILES string of the molecule is CNc1c(Cl)cc(C(=O)N2CCCCCC2)cc1[N+](=O)[O-]. The summed E-state index contributed by atoms with van der Waals surface area (Å²) in [5, 5.41) is 14.0. The molecule has 114 valence electrons. The van der Waals surface area contributed by atoms with Gasteiger partial charge in [-0.15, -0.1) is 0 Å². The zero-order valence-corrected chi connectivity index (χ0v) is 12.7. The van der Waals surface area contributed by atoms with Gasteiger partial charge in [0.25, 0.3) is 11.6 Å². The summed E-state index contributed by atoms with van der Waals surface area (Å²) in [6.07, 6.45) is 4.17. The zero-order valence-electron chi connectivity index (χ0n) is 11.9. The summed E-state index contributed by atoms with van der Waals surface area (Å²) in [4.78, 5) is 24.8. The highest BCUT2D eigenvalue weighted by molar-refractivity contribution is 6.34. The molecule has 1 aliphatic rings. The summed E-state index contributed by atoms with van der Waals surface area (Å²) < 4.78 is 0. The van der Waals surface area contributed by atoms with E-state index < -0.39 is 4.92 Å². The molecule has 7 heteroatoms. The maximum atomic E-state index is 12.5. The van der Waals surface area contributed by atoms with Crippen molar-refractivity contribution in [3.05, 3.63) is 32.8 Å². The Labute approximate surface area is 128 Å². The van der Waals surface area contributed by atoms with E-state index in [1.54, 1.807) is 11.9 Å². The number of halogens is 1. The Hall–Kier alpha value is -1.82. The monoisotopic (exact) mass is 311 g/mol. The normalized spacial score (nSPS) is 15.4. The highest BCUT2D eigenvalue weighted by Gasteiger charge is 2.24. The molecule has 1 aliphatic heterocycles. The molecule has 1 fully saturated rings. The van der Waals surface area contributed by atoms with Gasteiger partial charge in [-0.3, -0.25) is 14.9 Å².